The van der Waals surface area contributed by atoms with E-state index < -0.39 is 30.2 Å². The number of para-hydroxylation sites is 1. The second-order valence-electron chi connectivity index (χ2n) is 11.7. The summed E-state index contributed by atoms with van der Waals surface area (Å²) in [6.07, 6.45) is 4.41. The van der Waals surface area contributed by atoms with Gasteiger partial charge < -0.3 is 24.5 Å². The quantitative estimate of drug-likeness (QED) is 0.231. The van der Waals surface area contributed by atoms with E-state index in [1.165, 1.54) is 6.07 Å². The summed E-state index contributed by atoms with van der Waals surface area (Å²) in [6.45, 7) is 3.38. The van der Waals surface area contributed by atoms with Gasteiger partial charge in [0, 0.05) is 43.7 Å². The van der Waals surface area contributed by atoms with Crippen LogP contribution in [0.1, 0.15) is 67.8 Å². The summed E-state index contributed by atoms with van der Waals surface area (Å²) in [6, 6.07) is 9.99. The average Bonchev–Trinajstić information content (AvgIpc) is 3.67. The van der Waals surface area contributed by atoms with Crippen molar-refractivity contribution in [1.29, 1.82) is 0 Å². The number of carboxylic acid groups (broad SMARTS) is 1. The van der Waals surface area contributed by atoms with Crippen molar-refractivity contribution < 1.29 is 33.4 Å². The molecule has 2 N–H and O–H groups in total. The smallest absolute Gasteiger partial charge is 0.306 e. The van der Waals surface area contributed by atoms with E-state index in [-0.39, 0.29) is 40.5 Å². The highest BCUT2D eigenvalue weighted by molar-refractivity contribution is 6.34. The number of hydrogen-bond acceptors (Lipinski definition) is 6. The zero-order valence-electron chi connectivity index (χ0n) is 25.1. The molecule has 44 heavy (non-hydrogen) atoms. The maximum Gasteiger partial charge on any atom is 0.306 e. The third-order valence-corrected chi connectivity index (χ3v) is 8.98. The van der Waals surface area contributed by atoms with Crippen molar-refractivity contribution in [2.75, 3.05) is 18.4 Å². The number of ketones is 1. The van der Waals surface area contributed by atoms with Gasteiger partial charge in [-0.05, 0) is 68.7 Å². The Labute approximate surface area is 261 Å². The van der Waals surface area contributed by atoms with Crippen LogP contribution in [-0.4, -0.2) is 63.9 Å². The van der Waals surface area contributed by atoms with Crippen molar-refractivity contribution in [2.45, 2.75) is 76.9 Å². The number of carbonyl (C=O) groups is 3. The molecule has 3 aromatic rings. The van der Waals surface area contributed by atoms with Gasteiger partial charge in [0.15, 0.2) is 5.78 Å². The first-order chi connectivity index (χ1) is 21.1. The zero-order valence-corrected chi connectivity index (χ0v) is 25.8. The fourth-order valence-corrected chi connectivity index (χ4v) is 6.37. The molecule has 1 aromatic heterocycles. The summed E-state index contributed by atoms with van der Waals surface area (Å²) in [4.78, 5) is 39.9. The van der Waals surface area contributed by atoms with Crippen LogP contribution in [0.2, 0.25) is 5.02 Å². The Balaban J connectivity index is 1.24. The number of benzene rings is 2. The second kappa shape index (κ2) is 14.2. The molecule has 2 aromatic carbocycles. The number of nitrogens with zero attached hydrogens (tertiary/aromatic N) is 2. The van der Waals surface area contributed by atoms with Crippen LogP contribution in [0.3, 0.4) is 0 Å². The van der Waals surface area contributed by atoms with Crippen LogP contribution in [0.5, 0.6) is 0 Å². The van der Waals surface area contributed by atoms with Crippen LogP contribution in [0.15, 0.2) is 42.6 Å². The van der Waals surface area contributed by atoms with Gasteiger partial charge >= 0.3 is 5.97 Å². The van der Waals surface area contributed by atoms with Gasteiger partial charge in [0.2, 0.25) is 6.41 Å². The molecule has 2 fully saturated rings. The van der Waals surface area contributed by atoms with Crippen LogP contribution in [0.25, 0.3) is 10.9 Å². The van der Waals surface area contributed by atoms with E-state index in [4.69, 9.17) is 21.1 Å². The maximum atomic E-state index is 15.3. The molecule has 0 radical (unpaired) electrons. The highest BCUT2D eigenvalue weighted by Gasteiger charge is 2.34. The first kappa shape index (κ1) is 32.1. The van der Waals surface area contributed by atoms with Crippen molar-refractivity contribution in [3.8, 4) is 0 Å². The number of fused-ring (bicyclic) bond motifs is 1. The Hall–Kier alpha value is -3.31. The minimum absolute atomic E-state index is 0.107. The third-order valence-electron chi connectivity index (χ3n) is 8.67. The Kier molecular flexibility index (Phi) is 10.4. The zero-order chi connectivity index (χ0) is 31.4. The number of likely N-dealkylation sites (tertiary alicyclic amines) is 1. The van der Waals surface area contributed by atoms with Gasteiger partial charge in [0.1, 0.15) is 11.9 Å². The molecule has 236 valence electrons. The van der Waals surface area contributed by atoms with Gasteiger partial charge in [-0.1, -0.05) is 36.7 Å². The van der Waals surface area contributed by atoms with E-state index >= 15 is 4.39 Å². The molecule has 11 heteroatoms. The molecule has 1 amide bonds. The van der Waals surface area contributed by atoms with Crippen LogP contribution in [0.4, 0.5) is 10.1 Å². The number of rotatable bonds is 12. The lowest BCUT2D eigenvalue weighted by molar-refractivity contribution is -0.260. The lowest BCUT2D eigenvalue weighted by Gasteiger charge is -2.35. The highest BCUT2D eigenvalue weighted by Crippen LogP contribution is 2.31. The van der Waals surface area contributed by atoms with Crippen LogP contribution in [-0.2, 0) is 32.5 Å². The summed E-state index contributed by atoms with van der Waals surface area (Å²) < 4.78 is 29.7. The SMILES string of the molecule is CC[C@H](O[C@H](OC1CCC(C(=O)O)CC1)N1CCCC1)C(=O)Cc1cc(Cl)c(NC(=O)c2cn(C)c3ccccc23)cc1F. The Morgan fingerprint density at radius 1 is 1.11 bits per heavy atom. The molecule has 2 aliphatic rings. The minimum Gasteiger partial charge on any atom is -0.481 e. The molecular formula is C33H39ClFN3O6. The van der Waals surface area contributed by atoms with Crippen LogP contribution in [0, 0.1) is 11.7 Å². The number of anilines is 1. The van der Waals surface area contributed by atoms with Gasteiger partial charge in [0.05, 0.1) is 28.3 Å². The molecule has 0 bridgehead atoms. The van der Waals surface area contributed by atoms with Gasteiger partial charge in [-0.3, -0.25) is 19.3 Å². The third kappa shape index (κ3) is 7.31. The molecule has 5 rings (SSSR count). The molecule has 2 atom stereocenters. The van der Waals surface area contributed by atoms with Crippen molar-refractivity contribution in [1.82, 2.24) is 9.47 Å². The highest BCUT2D eigenvalue weighted by atomic mass is 35.5. The van der Waals surface area contributed by atoms with Crippen LogP contribution >= 0.6 is 11.6 Å². The number of aliphatic carboxylic acids is 1. The number of Topliss-reactive ketones (excluding diaryl/α,β-unsaturated/α-hetero) is 1. The number of carboxylic acids is 1. The van der Waals surface area contributed by atoms with Crippen molar-refractivity contribution >= 4 is 45.9 Å². The first-order valence-electron chi connectivity index (χ1n) is 15.3. The fourth-order valence-electron chi connectivity index (χ4n) is 6.14. The molecule has 1 saturated heterocycles. The normalized spacial score (nSPS) is 20.5. The number of aromatic nitrogens is 1. The average molecular weight is 628 g/mol. The summed E-state index contributed by atoms with van der Waals surface area (Å²) in [5, 5.41) is 12.9. The van der Waals surface area contributed by atoms with Gasteiger partial charge in [-0.25, -0.2) is 4.39 Å². The number of carbonyl (C=O) groups excluding carboxylic acids is 2. The predicted molar refractivity (Wildman–Crippen MR) is 165 cm³/mol. The first-order valence-corrected chi connectivity index (χ1v) is 15.7. The van der Waals surface area contributed by atoms with Gasteiger partial charge in [-0.15, -0.1) is 0 Å². The molecule has 1 aliphatic carbocycles. The minimum atomic E-state index is -0.833. The number of ether oxygens (including phenoxy) is 2. The lowest BCUT2D eigenvalue weighted by atomic mass is 9.87. The molecule has 9 nitrogen and oxygen atoms in total. The van der Waals surface area contributed by atoms with E-state index in [1.807, 2.05) is 42.8 Å². The van der Waals surface area contributed by atoms with E-state index in [9.17, 15) is 19.5 Å². The van der Waals surface area contributed by atoms with E-state index in [0.29, 0.717) is 37.7 Å². The largest absolute Gasteiger partial charge is 0.481 e. The van der Waals surface area contributed by atoms with Crippen molar-refractivity contribution in [3.63, 3.8) is 0 Å². The van der Waals surface area contributed by atoms with Crippen LogP contribution < -0.4 is 5.32 Å². The van der Waals surface area contributed by atoms with Crippen molar-refractivity contribution in [3.05, 3.63) is 64.6 Å². The maximum absolute atomic E-state index is 15.3. The Bertz CT molecular complexity index is 1510. The lowest BCUT2D eigenvalue weighted by Crippen LogP contribution is -2.44. The fraction of sp³-hybridized carbons (Fsp3) is 0.485. The Morgan fingerprint density at radius 2 is 1.82 bits per heavy atom. The van der Waals surface area contributed by atoms with E-state index in [1.54, 1.807) is 6.20 Å². The second-order valence-corrected chi connectivity index (χ2v) is 12.1. The standard InChI is InChI=1S/C33H39ClFN3O6/c1-3-30(44-33(38-14-6-7-15-38)43-22-12-10-20(11-13-22)32(41)42)29(39)17-21-16-25(34)27(18-26(21)35)36-31(40)24-19-37(2)28-9-5-4-8-23(24)28/h4-5,8-9,16,18-20,22,30,33H,3,6-7,10-15,17H2,1-2H3,(H,36,40)(H,41,42)/t20?,22?,30-,33-/m0/s1. The Morgan fingerprint density at radius 3 is 2.50 bits per heavy atom. The number of halogens is 2. The summed E-state index contributed by atoms with van der Waals surface area (Å²) in [7, 11) is 1.84. The molecule has 0 unspecified atom stereocenters. The monoisotopic (exact) mass is 627 g/mol. The summed E-state index contributed by atoms with van der Waals surface area (Å²) in [5.74, 6) is -2.52. The summed E-state index contributed by atoms with van der Waals surface area (Å²) >= 11 is 6.47. The molecule has 0 spiro atoms. The van der Waals surface area contributed by atoms with Crippen molar-refractivity contribution in [2.24, 2.45) is 13.0 Å². The number of nitrogens with one attached hydrogen (secondary N) is 1. The molecule has 1 saturated carbocycles. The molecule has 1 aliphatic heterocycles. The van der Waals surface area contributed by atoms with Gasteiger partial charge in [0.25, 0.3) is 5.91 Å². The van der Waals surface area contributed by atoms with E-state index in [2.05, 4.69) is 10.2 Å². The number of amides is 1. The molecule has 2 heterocycles. The number of aryl methyl sites for hydroxylation is 1. The number of hydrogen-bond donors (Lipinski definition) is 2. The predicted octanol–water partition coefficient (Wildman–Crippen LogP) is 6.17. The topological polar surface area (TPSA) is 110 Å². The molecular weight excluding hydrogens is 589 g/mol. The van der Waals surface area contributed by atoms with Gasteiger partial charge in [-0.2, -0.15) is 0 Å². The van der Waals surface area contributed by atoms with E-state index in [0.717, 1.165) is 42.9 Å². The summed E-state index contributed by atoms with van der Waals surface area (Å²) in [5.41, 5.74) is 1.54.